The topological polar surface area (TPSA) is 61.2 Å². The van der Waals surface area contributed by atoms with E-state index in [0.29, 0.717) is 0 Å². The molecule has 82 valence electrons. The van der Waals surface area contributed by atoms with E-state index >= 15 is 0 Å². The second-order valence-corrected chi connectivity index (χ2v) is 7.48. The molecular weight excluding hydrogens is 200 g/mol. The van der Waals surface area contributed by atoms with E-state index in [0.717, 1.165) is 4.31 Å². The standard InChI is InChI=1S/C9H18N2O2S/c1-8(2,3)14(12,13)11(6)9(4,5)7-10/h1-6H3. The molecule has 0 amide bonds. The van der Waals surface area contributed by atoms with E-state index in [1.807, 2.05) is 6.07 Å². The molecule has 0 aromatic carbocycles. The second-order valence-electron chi connectivity index (χ2n) is 4.76. The Morgan fingerprint density at radius 2 is 1.50 bits per heavy atom. The number of nitriles is 1. The van der Waals surface area contributed by atoms with Gasteiger partial charge in [0.25, 0.3) is 0 Å². The first-order chi connectivity index (χ1) is 5.97. The monoisotopic (exact) mass is 218 g/mol. The van der Waals surface area contributed by atoms with Crippen LogP contribution in [0.15, 0.2) is 0 Å². The van der Waals surface area contributed by atoms with Crippen LogP contribution in [0.3, 0.4) is 0 Å². The zero-order valence-electron chi connectivity index (χ0n) is 9.62. The normalized spacial score (nSPS) is 14.1. The fourth-order valence-corrected chi connectivity index (χ4v) is 2.24. The highest BCUT2D eigenvalue weighted by atomic mass is 32.2. The van der Waals surface area contributed by atoms with Crippen molar-refractivity contribution in [1.82, 2.24) is 4.31 Å². The molecule has 0 unspecified atom stereocenters. The molecule has 0 atom stereocenters. The molecular formula is C9H18N2O2S. The van der Waals surface area contributed by atoms with Crippen LogP contribution in [0, 0.1) is 11.3 Å². The van der Waals surface area contributed by atoms with Crippen molar-refractivity contribution in [3.8, 4) is 6.07 Å². The quantitative estimate of drug-likeness (QED) is 0.703. The molecule has 0 aliphatic rings. The van der Waals surface area contributed by atoms with Gasteiger partial charge < -0.3 is 0 Å². The summed E-state index contributed by atoms with van der Waals surface area (Å²) in [6.07, 6.45) is 0. The van der Waals surface area contributed by atoms with E-state index < -0.39 is 20.3 Å². The Bertz CT molecular complexity index is 344. The molecule has 0 spiro atoms. The fraction of sp³-hybridized carbons (Fsp3) is 0.889. The van der Waals surface area contributed by atoms with Crippen LogP contribution in [0.25, 0.3) is 0 Å². The van der Waals surface area contributed by atoms with Crippen molar-refractivity contribution >= 4 is 10.0 Å². The molecule has 0 N–H and O–H groups in total. The van der Waals surface area contributed by atoms with Crippen molar-refractivity contribution in [3.05, 3.63) is 0 Å². The Balaban J connectivity index is 5.30. The van der Waals surface area contributed by atoms with Gasteiger partial charge in [0.2, 0.25) is 10.0 Å². The zero-order valence-corrected chi connectivity index (χ0v) is 10.4. The number of rotatable bonds is 2. The maximum atomic E-state index is 11.9. The Hall–Kier alpha value is -0.600. The highest BCUT2D eigenvalue weighted by Gasteiger charge is 2.40. The smallest absolute Gasteiger partial charge is 0.212 e. The lowest BCUT2D eigenvalue weighted by atomic mass is 10.1. The van der Waals surface area contributed by atoms with E-state index in [1.165, 1.54) is 7.05 Å². The molecule has 14 heavy (non-hydrogen) atoms. The summed E-state index contributed by atoms with van der Waals surface area (Å²) in [6, 6.07) is 1.97. The summed E-state index contributed by atoms with van der Waals surface area (Å²) in [5.74, 6) is 0. The Kier molecular flexibility index (Phi) is 3.37. The summed E-state index contributed by atoms with van der Waals surface area (Å²) in [4.78, 5) is 0. The van der Waals surface area contributed by atoms with Gasteiger partial charge in [-0.15, -0.1) is 0 Å². The molecule has 4 nitrogen and oxygen atoms in total. The van der Waals surface area contributed by atoms with Gasteiger partial charge in [-0.3, -0.25) is 0 Å². The van der Waals surface area contributed by atoms with E-state index in [9.17, 15) is 8.42 Å². The van der Waals surface area contributed by atoms with Gasteiger partial charge in [0.05, 0.1) is 10.8 Å². The van der Waals surface area contributed by atoms with Gasteiger partial charge in [-0.1, -0.05) is 0 Å². The van der Waals surface area contributed by atoms with Gasteiger partial charge in [0.15, 0.2) is 0 Å². The van der Waals surface area contributed by atoms with E-state index in [-0.39, 0.29) is 0 Å². The summed E-state index contributed by atoms with van der Waals surface area (Å²) in [7, 11) is -2.00. The zero-order chi connectivity index (χ0) is 11.8. The minimum Gasteiger partial charge on any atom is -0.212 e. The molecule has 0 saturated heterocycles. The van der Waals surface area contributed by atoms with E-state index in [4.69, 9.17) is 5.26 Å². The minimum absolute atomic E-state index is 0.879. The Morgan fingerprint density at radius 1 is 1.14 bits per heavy atom. The number of nitrogens with zero attached hydrogens (tertiary/aromatic N) is 2. The van der Waals surface area contributed by atoms with Crippen LogP contribution in [-0.4, -0.2) is 30.1 Å². The molecule has 0 bridgehead atoms. The average Bonchev–Trinajstić information content (AvgIpc) is 2.01. The van der Waals surface area contributed by atoms with Gasteiger partial charge >= 0.3 is 0 Å². The SMILES string of the molecule is CN(C(C)(C)C#N)S(=O)(=O)C(C)(C)C. The lowest BCUT2D eigenvalue weighted by Gasteiger charge is -2.33. The van der Waals surface area contributed by atoms with Crippen molar-refractivity contribution in [2.24, 2.45) is 0 Å². The van der Waals surface area contributed by atoms with Gasteiger partial charge in [0, 0.05) is 7.05 Å². The van der Waals surface area contributed by atoms with Crippen molar-refractivity contribution in [1.29, 1.82) is 5.26 Å². The van der Waals surface area contributed by atoms with Crippen molar-refractivity contribution in [2.75, 3.05) is 7.05 Å². The predicted molar refractivity (Wildman–Crippen MR) is 56.1 cm³/mol. The lowest BCUT2D eigenvalue weighted by Crippen LogP contribution is -2.50. The molecule has 5 heteroatoms. The number of hydrogen-bond acceptors (Lipinski definition) is 3. The first-order valence-corrected chi connectivity index (χ1v) is 5.80. The molecule has 0 aliphatic heterocycles. The van der Waals surface area contributed by atoms with Gasteiger partial charge in [0.1, 0.15) is 5.54 Å². The molecule has 0 aliphatic carbocycles. The summed E-state index contributed by atoms with van der Waals surface area (Å²) in [6.45, 7) is 8.01. The van der Waals surface area contributed by atoms with Gasteiger partial charge in [-0.2, -0.15) is 9.57 Å². The van der Waals surface area contributed by atoms with Crippen molar-refractivity contribution in [3.63, 3.8) is 0 Å². The summed E-state index contributed by atoms with van der Waals surface area (Å²) < 4.78 is 24.1. The molecule has 0 rings (SSSR count). The third-order valence-corrected chi connectivity index (χ3v) is 4.92. The first-order valence-electron chi connectivity index (χ1n) is 4.36. The van der Waals surface area contributed by atoms with Gasteiger partial charge in [-0.05, 0) is 34.6 Å². The minimum atomic E-state index is -3.44. The van der Waals surface area contributed by atoms with Crippen LogP contribution < -0.4 is 0 Å². The van der Waals surface area contributed by atoms with Crippen LogP contribution in [0.2, 0.25) is 0 Å². The lowest BCUT2D eigenvalue weighted by molar-refractivity contribution is 0.327. The van der Waals surface area contributed by atoms with Crippen LogP contribution >= 0.6 is 0 Å². The molecule has 0 heterocycles. The van der Waals surface area contributed by atoms with Crippen molar-refractivity contribution < 1.29 is 8.42 Å². The van der Waals surface area contributed by atoms with Crippen molar-refractivity contribution in [2.45, 2.75) is 44.9 Å². The third-order valence-electron chi connectivity index (χ3n) is 2.20. The summed E-state index contributed by atoms with van der Waals surface area (Å²) in [5.41, 5.74) is -1.01. The second kappa shape index (κ2) is 3.52. The Labute approximate surface area is 86.6 Å². The van der Waals surface area contributed by atoms with Crippen LogP contribution in [0.1, 0.15) is 34.6 Å². The molecule has 0 radical (unpaired) electrons. The highest BCUT2D eigenvalue weighted by molar-refractivity contribution is 7.90. The third kappa shape index (κ3) is 2.25. The van der Waals surface area contributed by atoms with Crippen LogP contribution in [-0.2, 0) is 10.0 Å². The fourth-order valence-electron chi connectivity index (χ4n) is 0.782. The molecule has 0 aromatic heterocycles. The number of sulfonamides is 1. The maximum absolute atomic E-state index is 11.9. The van der Waals surface area contributed by atoms with E-state index in [1.54, 1.807) is 34.6 Å². The predicted octanol–water partition coefficient (Wildman–Crippen LogP) is 1.35. The number of hydrogen-bond donors (Lipinski definition) is 0. The molecule has 0 fully saturated rings. The highest BCUT2D eigenvalue weighted by Crippen LogP contribution is 2.25. The first kappa shape index (κ1) is 13.4. The molecule has 0 saturated carbocycles. The Morgan fingerprint density at radius 3 is 1.71 bits per heavy atom. The van der Waals surface area contributed by atoms with Crippen LogP contribution in [0.4, 0.5) is 0 Å². The maximum Gasteiger partial charge on any atom is 0.220 e. The largest absolute Gasteiger partial charge is 0.220 e. The average molecular weight is 218 g/mol. The molecule has 0 aromatic rings. The summed E-state index contributed by atoms with van der Waals surface area (Å²) >= 11 is 0. The van der Waals surface area contributed by atoms with E-state index in [2.05, 4.69) is 0 Å². The summed E-state index contributed by atoms with van der Waals surface area (Å²) in [5, 5.41) is 8.84. The van der Waals surface area contributed by atoms with Crippen LogP contribution in [0.5, 0.6) is 0 Å². The van der Waals surface area contributed by atoms with Gasteiger partial charge in [-0.25, -0.2) is 8.42 Å².